The second-order valence-corrected chi connectivity index (χ2v) is 12.9. The van der Waals surface area contributed by atoms with Gasteiger partial charge in [-0.15, -0.1) is 0 Å². The summed E-state index contributed by atoms with van der Waals surface area (Å²) in [6.07, 6.45) is -0.518. The first kappa shape index (κ1) is 31.0. The second-order valence-electron chi connectivity index (χ2n) is 11.6. The van der Waals surface area contributed by atoms with E-state index in [2.05, 4.69) is 5.32 Å². The van der Waals surface area contributed by atoms with Gasteiger partial charge in [0.15, 0.2) is 16.8 Å². The van der Waals surface area contributed by atoms with Crippen LogP contribution in [0, 0.1) is 17.6 Å². The highest BCUT2D eigenvalue weighted by molar-refractivity contribution is 8.14. The highest BCUT2D eigenvalue weighted by Gasteiger charge is 2.56. The van der Waals surface area contributed by atoms with Gasteiger partial charge in [-0.05, 0) is 34.9 Å². The van der Waals surface area contributed by atoms with Gasteiger partial charge in [0.1, 0.15) is 5.60 Å². The van der Waals surface area contributed by atoms with Gasteiger partial charge in [0, 0.05) is 23.6 Å². The molecule has 0 aliphatic carbocycles. The lowest BCUT2D eigenvalue weighted by Gasteiger charge is -2.40. The largest absolute Gasteiger partial charge is 0.374 e. The van der Waals surface area contributed by atoms with E-state index in [4.69, 9.17) is 14.5 Å². The molecule has 7 rings (SSSR count). The van der Waals surface area contributed by atoms with E-state index < -0.39 is 28.1 Å². The summed E-state index contributed by atoms with van der Waals surface area (Å²) in [7, 11) is 0. The third-order valence-electron chi connectivity index (χ3n) is 8.94. The smallest absolute Gasteiger partial charge is 0.257 e. The Morgan fingerprint density at radius 1 is 0.809 bits per heavy atom. The number of hydrogen-bond acceptors (Lipinski definition) is 5. The fraction of sp³-hybridized carbons (Fsp3) is 0.179. The van der Waals surface area contributed by atoms with Crippen molar-refractivity contribution in [3.8, 4) is 0 Å². The van der Waals surface area contributed by atoms with Crippen LogP contribution in [0.5, 0.6) is 0 Å². The van der Waals surface area contributed by atoms with Crippen molar-refractivity contribution in [3.63, 3.8) is 0 Å². The van der Waals surface area contributed by atoms with Crippen molar-refractivity contribution >= 4 is 22.8 Å². The molecule has 1 N–H and O–H groups in total. The molecule has 236 valence electrons. The fourth-order valence-electron chi connectivity index (χ4n) is 6.64. The lowest BCUT2D eigenvalue weighted by Crippen LogP contribution is -2.45. The number of amides is 1. The van der Waals surface area contributed by atoms with Crippen LogP contribution in [-0.2, 0) is 19.8 Å². The van der Waals surface area contributed by atoms with Crippen LogP contribution in [0.15, 0.2) is 145 Å². The van der Waals surface area contributed by atoms with Gasteiger partial charge >= 0.3 is 0 Å². The molecule has 47 heavy (non-hydrogen) atoms. The zero-order valence-electron chi connectivity index (χ0n) is 25.4. The molecular weight excluding hydrogens is 615 g/mol. The molecular formula is C39H32F2N2O3S. The van der Waals surface area contributed by atoms with Gasteiger partial charge in [0.2, 0.25) is 0 Å². The van der Waals surface area contributed by atoms with Gasteiger partial charge in [-0.25, -0.2) is 8.78 Å². The van der Waals surface area contributed by atoms with Crippen molar-refractivity contribution in [3.05, 3.63) is 179 Å². The van der Waals surface area contributed by atoms with Crippen LogP contribution in [0.2, 0.25) is 0 Å². The Balaban J connectivity index is 1.26. The Bertz CT molecular complexity index is 1780. The first-order valence-electron chi connectivity index (χ1n) is 15.5. The molecule has 1 amide bonds. The van der Waals surface area contributed by atoms with E-state index >= 15 is 4.39 Å². The van der Waals surface area contributed by atoms with Crippen LogP contribution in [0.3, 0.4) is 0 Å². The predicted octanol–water partition coefficient (Wildman–Crippen LogP) is 7.72. The van der Waals surface area contributed by atoms with E-state index in [9.17, 15) is 9.18 Å². The Morgan fingerprint density at radius 3 is 1.94 bits per heavy atom. The summed E-state index contributed by atoms with van der Waals surface area (Å²) >= 11 is 1.21. The highest BCUT2D eigenvalue weighted by atomic mass is 32.2. The summed E-state index contributed by atoms with van der Waals surface area (Å²) in [5.41, 5.74) is 2.50. The number of benzene rings is 5. The Labute approximate surface area is 276 Å². The minimum atomic E-state index is -1.06. The van der Waals surface area contributed by atoms with Crippen molar-refractivity contribution in [1.82, 2.24) is 5.32 Å². The minimum Gasteiger partial charge on any atom is -0.374 e. The van der Waals surface area contributed by atoms with Gasteiger partial charge in [0.05, 0.1) is 24.1 Å². The van der Waals surface area contributed by atoms with Crippen LogP contribution >= 0.6 is 11.8 Å². The minimum absolute atomic E-state index is 0.0754. The van der Waals surface area contributed by atoms with Crippen LogP contribution < -0.4 is 5.32 Å². The summed E-state index contributed by atoms with van der Waals surface area (Å²) in [6.45, 7) is 0.437. The van der Waals surface area contributed by atoms with Gasteiger partial charge in [-0.1, -0.05) is 133 Å². The molecule has 0 spiro atoms. The Hall–Kier alpha value is -4.63. The molecule has 2 aliphatic heterocycles. The molecule has 8 heteroatoms. The van der Waals surface area contributed by atoms with Crippen LogP contribution in [0.4, 0.5) is 8.78 Å². The highest BCUT2D eigenvalue weighted by Crippen LogP contribution is 2.54. The lowest BCUT2D eigenvalue weighted by atomic mass is 9.79. The number of aliphatic imine (C=N–C) groups is 1. The third-order valence-corrected chi connectivity index (χ3v) is 10.4. The summed E-state index contributed by atoms with van der Waals surface area (Å²) in [6, 6.07) is 43.1. The summed E-state index contributed by atoms with van der Waals surface area (Å²) in [4.78, 5) is 17.8. The lowest BCUT2D eigenvalue weighted by molar-refractivity contribution is -0.0547. The number of ether oxygens (including phenoxy) is 2. The van der Waals surface area contributed by atoms with Crippen molar-refractivity contribution in [2.45, 2.75) is 16.5 Å². The number of fused-ring (bicyclic) bond motifs is 1. The van der Waals surface area contributed by atoms with Crippen molar-refractivity contribution in [2.24, 2.45) is 10.9 Å². The summed E-state index contributed by atoms with van der Waals surface area (Å²) < 4.78 is 42.9. The Kier molecular flexibility index (Phi) is 8.73. The van der Waals surface area contributed by atoms with Crippen LogP contribution in [-0.4, -0.2) is 36.9 Å². The van der Waals surface area contributed by atoms with Gasteiger partial charge in [0.25, 0.3) is 5.91 Å². The van der Waals surface area contributed by atoms with Crippen molar-refractivity contribution < 1.29 is 23.0 Å². The number of thioether (sulfide) groups is 1. The van der Waals surface area contributed by atoms with Gasteiger partial charge in [-0.3, -0.25) is 9.79 Å². The number of nitrogens with zero attached hydrogens (tertiary/aromatic N) is 1. The maximum absolute atomic E-state index is 15.6. The van der Waals surface area contributed by atoms with Crippen molar-refractivity contribution in [2.75, 3.05) is 19.8 Å². The maximum atomic E-state index is 15.6. The summed E-state index contributed by atoms with van der Waals surface area (Å²) in [5.74, 6) is -2.59. The predicted molar refractivity (Wildman–Crippen MR) is 180 cm³/mol. The molecule has 0 radical (unpaired) electrons. The summed E-state index contributed by atoms with van der Waals surface area (Å²) in [5, 5.41) is 3.21. The first-order valence-corrected chi connectivity index (χ1v) is 16.3. The van der Waals surface area contributed by atoms with E-state index in [1.807, 2.05) is 97.1 Å². The molecule has 0 saturated carbocycles. The van der Waals surface area contributed by atoms with E-state index in [1.165, 1.54) is 17.8 Å². The SMILES string of the molecule is O=C(NC1=NC[C@H]2[C@@H](COC(c3ccccc3)(c3ccccc3)c3ccccc3)OC[C@]2(c2cccc(F)c2F)S1)c1ccccc1. The first-order chi connectivity index (χ1) is 23.0. The van der Waals surface area contributed by atoms with Crippen LogP contribution in [0.25, 0.3) is 0 Å². The van der Waals surface area contributed by atoms with Gasteiger partial charge in [-0.2, -0.15) is 0 Å². The number of amidine groups is 1. The number of halogens is 2. The topological polar surface area (TPSA) is 59.9 Å². The van der Waals surface area contributed by atoms with Crippen molar-refractivity contribution in [1.29, 1.82) is 0 Å². The molecule has 3 atom stereocenters. The van der Waals surface area contributed by atoms with E-state index in [0.29, 0.717) is 10.7 Å². The number of carbonyl (C=O) groups is 1. The molecule has 1 fully saturated rings. The molecule has 0 aromatic heterocycles. The normalized spacial score (nSPS) is 20.7. The van der Waals surface area contributed by atoms with Crippen LogP contribution in [0.1, 0.15) is 32.6 Å². The molecule has 2 heterocycles. The average Bonchev–Trinajstić information content (AvgIpc) is 3.50. The van der Waals surface area contributed by atoms with Gasteiger partial charge < -0.3 is 14.8 Å². The monoisotopic (exact) mass is 646 g/mol. The van der Waals surface area contributed by atoms with E-state index in [0.717, 1.165) is 22.8 Å². The molecule has 5 aromatic carbocycles. The third kappa shape index (κ3) is 5.78. The maximum Gasteiger partial charge on any atom is 0.257 e. The molecule has 2 aliphatic rings. The average molecular weight is 647 g/mol. The molecule has 5 aromatic rings. The standard InChI is InChI=1S/C39H32F2N2O3S/c40-33-23-13-22-31(35(33)41)38-26-45-34(32(38)24-42-37(47-38)43-36(44)27-14-5-1-6-15-27)25-46-39(28-16-7-2-8-17-28,29-18-9-3-10-19-29)30-20-11-4-12-21-30/h1-23,32,34H,24-26H2,(H,42,43,44)/t32-,34+,38+/m0/s1. The number of hydrogen-bond donors (Lipinski definition) is 1. The number of nitrogens with one attached hydrogen (secondary N) is 1. The Morgan fingerprint density at radius 2 is 1.36 bits per heavy atom. The molecule has 0 unspecified atom stereocenters. The zero-order valence-corrected chi connectivity index (χ0v) is 26.2. The molecule has 5 nitrogen and oxygen atoms in total. The molecule has 0 bridgehead atoms. The zero-order chi connectivity index (χ0) is 32.3. The molecule has 1 saturated heterocycles. The van der Waals surface area contributed by atoms with E-state index in [-0.39, 0.29) is 37.1 Å². The second kappa shape index (κ2) is 13.2. The number of carbonyl (C=O) groups excluding carboxylic acids is 1. The van der Waals surface area contributed by atoms with E-state index in [1.54, 1.807) is 30.3 Å². The fourth-order valence-corrected chi connectivity index (χ4v) is 8.04. The quantitative estimate of drug-likeness (QED) is 0.176. The number of rotatable bonds is 8.